The SMILES string of the molecule is CO[C@]12C=C[C@]34C[C@H]1C(=O)OC[C@]21Oc2c(O)ccc5c2[C@@]13CCN(C)[C@@H]4C5. The number of nitrogens with zero attached hydrogens (tertiary/aromatic N) is 1. The van der Waals surface area contributed by atoms with Crippen molar-refractivity contribution in [2.75, 3.05) is 27.3 Å². The van der Waals surface area contributed by atoms with Gasteiger partial charge in [0.1, 0.15) is 12.2 Å². The van der Waals surface area contributed by atoms with Crippen LogP contribution in [0.2, 0.25) is 0 Å². The van der Waals surface area contributed by atoms with Crippen molar-refractivity contribution in [3.05, 3.63) is 35.4 Å². The quantitative estimate of drug-likeness (QED) is 0.588. The van der Waals surface area contributed by atoms with Crippen LogP contribution in [0.4, 0.5) is 0 Å². The van der Waals surface area contributed by atoms with Gasteiger partial charge >= 0.3 is 5.97 Å². The van der Waals surface area contributed by atoms with E-state index in [1.54, 1.807) is 13.2 Å². The molecule has 0 radical (unpaired) electrons. The number of cyclic esters (lactones) is 1. The highest BCUT2D eigenvalue weighted by Crippen LogP contribution is 2.79. The summed E-state index contributed by atoms with van der Waals surface area (Å²) in [6.45, 7) is 1.10. The van der Waals surface area contributed by atoms with Gasteiger partial charge in [0.05, 0.1) is 11.3 Å². The Morgan fingerprint density at radius 2 is 2.18 bits per heavy atom. The molecule has 6 nitrogen and oxygen atoms in total. The Hall–Kier alpha value is -2.05. The van der Waals surface area contributed by atoms with E-state index in [0.717, 1.165) is 24.9 Å². The topological polar surface area (TPSA) is 68.2 Å². The lowest BCUT2D eigenvalue weighted by molar-refractivity contribution is -0.298. The van der Waals surface area contributed by atoms with E-state index in [1.165, 1.54) is 5.56 Å². The number of methoxy groups -OCH3 is 1. The number of phenolic OH excluding ortho intramolecular Hbond substituents is 1. The molecule has 28 heavy (non-hydrogen) atoms. The molecule has 6 bridgehead atoms. The molecule has 6 heteroatoms. The second-order valence-corrected chi connectivity index (χ2v) is 9.47. The van der Waals surface area contributed by atoms with Crippen molar-refractivity contribution in [3.8, 4) is 11.5 Å². The van der Waals surface area contributed by atoms with Crippen molar-refractivity contribution in [2.45, 2.75) is 41.9 Å². The summed E-state index contributed by atoms with van der Waals surface area (Å²) in [6, 6.07) is 4.08. The highest BCUT2D eigenvalue weighted by Gasteiger charge is 2.88. The van der Waals surface area contributed by atoms with Crippen molar-refractivity contribution in [2.24, 2.45) is 11.3 Å². The molecule has 2 saturated heterocycles. The lowest BCUT2D eigenvalue weighted by atomic mass is 9.33. The van der Waals surface area contributed by atoms with E-state index in [9.17, 15) is 9.90 Å². The van der Waals surface area contributed by atoms with E-state index in [1.807, 2.05) is 0 Å². The van der Waals surface area contributed by atoms with Gasteiger partial charge in [-0.25, -0.2) is 0 Å². The zero-order chi connectivity index (χ0) is 19.1. The molecule has 1 N–H and O–H groups in total. The molecule has 0 aromatic heterocycles. The van der Waals surface area contributed by atoms with Crippen LogP contribution in [-0.4, -0.2) is 60.5 Å². The second kappa shape index (κ2) is 4.26. The van der Waals surface area contributed by atoms with Crippen LogP contribution >= 0.6 is 0 Å². The molecule has 1 aromatic rings. The smallest absolute Gasteiger partial charge is 0.312 e. The minimum absolute atomic E-state index is 0.159. The molecule has 1 aromatic carbocycles. The van der Waals surface area contributed by atoms with Crippen LogP contribution in [0.15, 0.2) is 24.3 Å². The molecule has 4 aliphatic carbocycles. The number of carbonyl (C=O) groups excluding carboxylic acids is 1. The first-order valence-electron chi connectivity index (χ1n) is 10.1. The lowest BCUT2D eigenvalue weighted by Crippen LogP contribution is -2.87. The van der Waals surface area contributed by atoms with E-state index in [0.29, 0.717) is 12.2 Å². The first kappa shape index (κ1) is 15.8. The van der Waals surface area contributed by atoms with E-state index in [2.05, 4.69) is 30.2 Å². The third-order valence-electron chi connectivity index (χ3n) is 9.15. The van der Waals surface area contributed by atoms with E-state index in [-0.39, 0.29) is 35.2 Å². The monoisotopic (exact) mass is 381 g/mol. The number of piperidine rings is 1. The average molecular weight is 381 g/mol. The standard InChI is InChI=1S/C22H23NO5/c1-23-8-7-20-16-12-3-4-14(24)17(16)28-22(20)11-27-18(25)13-10-19(20,15(23)9-12)5-6-21(13,22)26-2/h3-6,13,15,24H,7-11H2,1-2H3/t13-,15+,19+,20+,21+,22+/m0/s1. The molecule has 7 aliphatic rings. The number of likely N-dealkylation sites (tertiary alicyclic amines) is 1. The molecule has 3 spiro atoms. The number of esters is 1. The molecule has 3 heterocycles. The third kappa shape index (κ3) is 1.17. The van der Waals surface area contributed by atoms with Gasteiger partial charge in [0, 0.05) is 24.1 Å². The maximum Gasteiger partial charge on any atom is 0.312 e. The van der Waals surface area contributed by atoms with Crippen LogP contribution in [0.3, 0.4) is 0 Å². The van der Waals surface area contributed by atoms with Crippen LogP contribution in [0, 0.1) is 11.3 Å². The zero-order valence-corrected chi connectivity index (χ0v) is 16.0. The van der Waals surface area contributed by atoms with Gasteiger partial charge in [0.25, 0.3) is 0 Å². The van der Waals surface area contributed by atoms with E-state index in [4.69, 9.17) is 14.2 Å². The number of benzene rings is 1. The van der Waals surface area contributed by atoms with Crippen LogP contribution in [-0.2, 0) is 26.1 Å². The predicted molar refractivity (Wildman–Crippen MR) is 98.3 cm³/mol. The Bertz CT molecular complexity index is 1000. The minimum atomic E-state index is -0.870. The molecular weight excluding hydrogens is 358 g/mol. The number of hydrogen-bond donors (Lipinski definition) is 1. The normalized spacial score (nSPS) is 48.9. The van der Waals surface area contributed by atoms with Crippen LogP contribution in [0.5, 0.6) is 11.5 Å². The first-order valence-corrected chi connectivity index (χ1v) is 10.1. The van der Waals surface area contributed by atoms with E-state index >= 15 is 0 Å². The first-order chi connectivity index (χ1) is 13.5. The number of hydrogen-bond acceptors (Lipinski definition) is 6. The number of phenols is 1. The number of likely N-dealkylation sites (N-methyl/N-ethyl adjacent to an activating group) is 1. The van der Waals surface area contributed by atoms with Gasteiger partial charge in [0.15, 0.2) is 17.1 Å². The molecule has 1 saturated carbocycles. The van der Waals surface area contributed by atoms with Gasteiger partial charge < -0.3 is 24.2 Å². The van der Waals surface area contributed by atoms with Crippen molar-refractivity contribution < 1.29 is 24.1 Å². The van der Waals surface area contributed by atoms with Gasteiger partial charge in [-0.2, -0.15) is 0 Å². The molecule has 3 fully saturated rings. The molecule has 0 amide bonds. The maximum atomic E-state index is 12.9. The summed E-state index contributed by atoms with van der Waals surface area (Å²) >= 11 is 0. The summed E-state index contributed by atoms with van der Waals surface area (Å²) < 4.78 is 18.7. The van der Waals surface area contributed by atoms with E-state index < -0.39 is 17.1 Å². The fourth-order valence-electron chi connectivity index (χ4n) is 8.22. The Balaban J connectivity index is 1.67. The third-order valence-corrected chi connectivity index (χ3v) is 9.15. The number of carbonyl (C=O) groups is 1. The second-order valence-electron chi connectivity index (χ2n) is 9.47. The molecule has 0 unspecified atom stereocenters. The van der Waals surface area contributed by atoms with Crippen molar-refractivity contribution in [1.82, 2.24) is 4.90 Å². The molecular formula is C22H23NO5. The largest absolute Gasteiger partial charge is 0.504 e. The van der Waals surface area contributed by atoms with Gasteiger partial charge in [-0.3, -0.25) is 4.79 Å². The fourth-order valence-corrected chi connectivity index (χ4v) is 8.22. The van der Waals surface area contributed by atoms with Gasteiger partial charge in [-0.1, -0.05) is 18.2 Å². The number of aromatic hydroxyl groups is 1. The maximum absolute atomic E-state index is 12.9. The van der Waals surface area contributed by atoms with Crippen LogP contribution in [0.25, 0.3) is 0 Å². The van der Waals surface area contributed by atoms with Gasteiger partial charge in [-0.05, 0) is 44.5 Å². The summed E-state index contributed by atoms with van der Waals surface area (Å²) in [6.07, 6.45) is 6.91. The number of rotatable bonds is 1. The Morgan fingerprint density at radius 3 is 3.00 bits per heavy atom. The zero-order valence-electron chi connectivity index (χ0n) is 16.0. The predicted octanol–water partition coefficient (Wildman–Crippen LogP) is 1.54. The van der Waals surface area contributed by atoms with Gasteiger partial charge in [-0.15, -0.1) is 0 Å². The van der Waals surface area contributed by atoms with Crippen molar-refractivity contribution in [1.29, 1.82) is 0 Å². The Labute approximate surface area is 163 Å². The molecule has 3 aliphatic heterocycles. The summed E-state index contributed by atoms with van der Waals surface area (Å²) in [4.78, 5) is 15.3. The fraction of sp³-hybridized carbons (Fsp3) is 0.591. The highest BCUT2D eigenvalue weighted by atomic mass is 16.6. The Kier molecular flexibility index (Phi) is 2.41. The summed E-state index contributed by atoms with van der Waals surface area (Å²) in [7, 11) is 3.87. The lowest BCUT2D eigenvalue weighted by Gasteiger charge is -2.75. The van der Waals surface area contributed by atoms with Crippen LogP contribution < -0.4 is 4.74 Å². The summed E-state index contributed by atoms with van der Waals surface area (Å²) in [5, 5.41) is 10.7. The summed E-state index contributed by atoms with van der Waals surface area (Å²) in [5.74, 6) is 0.162. The molecule has 146 valence electrons. The average Bonchev–Trinajstić information content (AvgIpc) is 3.02. The van der Waals surface area contributed by atoms with Crippen molar-refractivity contribution in [3.63, 3.8) is 0 Å². The summed E-state index contributed by atoms with van der Waals surface area (Å²) in [5.41, 5.74) is 0.0874. The Morgan fingerprint density at radius 1 is 1.32 bits per heavy atom. The minimum Gasteiger partial charge on any atom is -0.504 e. The van der Waals surface area contributed by atoms with Gasteiger partial charge in [0.2, 0.25) is 0 Å². The highest BCUT2D eigenvalue weighted by molar-refractivity contribution is 5.81. The van der Waals surface area contributed by atoms with Crippen LogP contribution in [0.1, 0.15) is 24.0 Å². The number of ether oxygens (including phenoxy) is 3. The van der Waals surface area contributed by atoms with Crippen molar-refractivity contribution >= 4 is 5.97 Å². The molecule has 8 rings (SSSR count). The molecule has 6 atom stereocenters.